The van der Waals surface area contributed by atoms with E-state index in [0.29, 0.717) is 45.3 Å². The van der Waals surface area contributed by atoms with Crippen LogP contribution >= 0.6 is 0 Å². The van der Waals surface area contributed by atoms with Crippen LogP contribution in [0.5, 0.6) is 11.5 Å². The van der Waals surface area contributed by atoms with Crippen LogP contribution in [0.1, 0.15) is 58.5 Å². The van der Waals surface area contributed by atoms with Crippen molar-refractivity contribution >= 4 is 23.0 Å². The van der Waals surface area contributed by atoms with Gasteiger partial charge in [0.2, 0.25) is 0 Å². The number of methoxy groups -OCH3 is 3. The van der Waals surface area contributed by atoms with Gasteiger partial charge in [0.15, 0.2) is 11.5 Å². The average molecular weight is 439 g/mol. The van der Waals surface area contributed by atoms with Crippen LogP contribution in [0, 0.1) is 6.92 Å². The molecule has 0 radical (unpaired) electrons. The average Bonchev–Trinajstić information content (AvgIpc) is 3.60. The quantitative estimate of drug-likeness (QED) is 0.531. The molecule has 1 aliphatic carbocycles. The zero-order chi connectivity index (χ0) is 22.8. The van der Waals surface area contributed by atoms with Crippen molar-refractivity contribution in [1.29, 1.82) is 0 Å². The molecule has 1 atom stereocenters. The summed E-state index contributed by atoms with van der Waals surface area (Å²) in [5, 5.41) is 7.51. The number of fused-ring (bicyclic) bond motifs is 1. The normalized spacial score (nSPS) is 14.1. The number of nitrogens with one attached hydrogen (secondary N) is 1. The lowest BCUT2D eigenvalue weighted by Crippen LogP contribution is -2.31. The van der Waals surface area contributed by atoms with Crippen LogP contribution in [-0.4, -0.2) is 43.3 Å². The lowest BCUT2D eigenvalue weighted by molar-refractivity contribution is -0.141. The number of pyridine rings is 1. The highest BCUT2D eigenvalue weighted by Crippen LogP contribution is 2.40. The molecule has 0 bridgehead atoms. The molecule has 1 fully saturated rings. The summed E-state index contributed by atoms with van der Waals surface area (Å²) < 4.78 is 20.9. The van der Waals surface area contributed by atoms with E-state index in [1.165, 1.54) is 14.2 Å². The van der Waals surface area contributed by atoms with Crippen molar-refractivity contribution in [3.8, 4) is 11.5 Å². The predicted octanol–water partition coefficient (Wildman–Crippen LogP) is 3.46. The first-order valence-electron chi connectivity index (χ1n) is 10.3. The number of rotatable bonds is 8. The summed E-state index contributed by atoms with van der Waals surface area (Å²) in [6.07, 6.45) is 2.01. The molecule has 9 nitrogen and oxygen atoms in total. The van der Waals surface area contributed by atoms with Gasteiger partial charge >= 0.3 is 5.97 Å². The molecule has 2 aromatic heterocycles. The van der Waals surface area contributed by atoms with E-state index in [4.69, 9.17) is 18.7 Å². The number of ether oxygens (including phenoxy) is 3. The van der Waals surface area contributed by atoms with E-state index in [-0.39, 0.29) is 12.3 Å². The van der Waals surface area contributed by atoms with Crippen molar-refractivity contribution < 1.29 is 28.3 Å². The van der Waals surface area contributed by atoms with Crippen LogP contribution in [0.3, 0.4) is 0 Å². The molecule has 0 saturated heterocycles. The molecule has 32 heavy (non-hydrogen) atoms. The van der Waals surface area contributed by atoms with Gasteiger partial charge in [-0.3, -0.25) is 9.59 Å². The van der Waals surface area contributed by atoms with Gasteiger partial charge in [-0.1, -0.05) is 11.2 Å². The van der Waals surface area contributed by atoms with Crippen LogP contribution in [0.25, 0.3) is 11.1 Å². The number of nitrogens with zero attached hydrogens (tertiary/aromatic N) is 2. The third-order valence-electron chi connectivity index (χ3n) is 5.59. The molecule has 1 N–H and O–H groups in total. The standard InChI is InChI=1S/C23H25N3O6/c1-12-21-15(10-16(13-5-6-13)25-23(21)32-26-12)22(28)24-17(11-20(27)31-4)14-7-8-18(29-2)19(9-14)30-3/h7-10,13,17H,5-6,11H2,1-4H3,(H,24,28). The first-order chi connectivity index (χ1) is 15.4. The second kappa shape index (κ2) is 8.86. The van der Waals surface area contributed by atoms with E-state index >= 15 is 0 Å². The van der Waals surface area contributed by atoms with Gasteiger partial charge < -0.3 is 24.1 Å². The van der Waals surface area contributed by atoms with Crippen molar-refractivity contribution in [3.05, 3.63) is 46.8 Å². The van der Waals surface area contributed by atoms with E-state index < -0.39 is 12.0 Å². The first kappa shape index (κ1) is 21.6. The maximum atomic E-state index is 13.4. The van der Waals surface area contributed by atoms with E-state index in [2.05, 4.69) is 15.5 Å². The Labute approximate surface area is 185 Å². The number of aromatic nitrogens is 2. The number of hydrogen-bond donors (Lipinski definition) is 1. The van der Waals surface area contributed by atoms with Crippen molar-refractivity contribution in [2.45, 2.75) is 38.1 Å². The SMILES string of the molecule is COC(=O)CC(NC(=O)c1cc(C2CC2)nc2onc(C)c12)c1ccc(OC)c(OC)c1. The Kier molecular flexibility index (Phi) is 5.98. The van der Waals surface area contributed by atoms with Crippen LogP contribution in [0.15, 0.2) is 28.8 Å². The van der Waals surface area contributed by atoms with Gasteiger partial charge in [0.25, 0.3) is 11.6 Å². The zero-order valence-corrected chi connectivity index (χ0v) is 18.4. The lowest BCUT2D eigenvalue weighted by Gasteiger charge is -2.20. The summed E-state index contributed by atoms with van der Waals surface area (Å²) in [5.74, 6) is 0.558. The number of hydrogen-bond acceptors (Lipinski definition) is 8. The van der Waals surface area contributed by atoms with E-state index in [1.807, 2.05) is 0 Å². The van der Waals surface area contributed by atoms with Gasteiger partial charge in [-0.05, 0) is 43.5 Å². The Bertz CT molecular complexity index is 1170. The number of amides is 1. The highest BCUT2D eigenvalue weighted by atomic mass is 16.5. The number of aryl methyl sites for hydroxylation is 1. The monoisotopic (exact) mass is 439 g/mol. The smallest absolute Gasteiger partial charge is 0.307 e. The summed E-state index contributed by atoms with van der Waals surface area (Å²) >= 11 is 0. The Morgan fingerprint density at radius 3 is 2.56 bits per heavy atom. The van der Waals surface area contributed by atoms with Gasteiger partial charge in [0.1, 0.15) is 0 Å². The van der Waals surface area contributed by atoms with Gasteiger partial charge in [-0.25, -0.2) is 4.98 Å². The van der Waals surface area contributed by atoms with Crippen molar-refractivity contribution in [3.63, 3.8) is 0 Å². The van der Waals surface area contributed by atoms with Gasteiger partial charge in [-0.15, -0.1) is 0 Å². The number of benzene rings is 1. The fourth-order valence-corrected chi connectivity index (χ4v) is 3.69. The van der Waals surface area contributed by atoms with Gasteiger partial charge in [0.05, 0.1) is 50.4 Å². The summed E-state index contributed by atoms with van der Waals surface area (Å²) in [6, 6.07) is 6.38. The Balaban J connectivity index is 1.71. The van der Waals surface area contributed by atoms with Gasteiger partial charge in [0, 0.05) is 11.6 Å². The molecule has 1 saturated carbocycles. The number of carbonyl (C=O) groups excluding carboxylic acids is 2. The van der Waals surface area contributed by atoms with Crippen LogP contribution < -0.4 is 14.8 Å². The molecule has 9 heteroatoms. The first-order valence-corrected chi connectivity index (χ1v) is 10.3. The molecule has 4 rings (SSSR count). The van der Waals surface area contributed by atoms with Crippen molar-refractivity contribution in [2.24, 2.45) is 0 Å². The summed E-state index contributed by atoms with van der Waals surface area (Å²) in [4.78, 5) is 30.1. The highest BCUT2D eigenvalue weighted by molar-refractivity contribution is 6.06. The fourth-order valence-electron chi connectivity index (χ4n) is 3.69. The third-order valence-corrected chi connectivity index (χ3v) is 5.59. The second-order valence-electron chi connectivity index (χ2n) is 7.74. The molecule has 1 unspecified atom stereocenters. The number of esters is 1. The molecule has 168 valence electrons. The predicted molar refractivity (Wildman–Crippen MR) is 115 cm³/mol. The third kappa shape index (κ3) is 4.23. The minimum atomic E-state index is -0.650. The zero-order valence-electron chi connectivity index (χ0n) is 18.4. The second-order valence-corrected chi connectivity index (χ2v) is 7.74. The maximum Gasteiger partial charge on any atom is 0.307 e. The molecule has 2 heterocycles. The number of carbonyl (C=O) groups is 2. The molecule has 0 aliphatic heterocycles. The largest absolute Gasteiger partial charge is 0.493 e. The van der Waals surface area contributed by atoms with Crippen LogP contribution in [-0.2, 0) is 9.53 Å². The van der Waals surface area contributed by atoms with Crippen molar-refractivity contribution in [1.82, 2.24) is 15.5 Å². The molecular weight excluding hydrogens is 414 g/mol. The molecule has 0 spiro atoms. The van der Waals surface area contributed by atoms with Crippen molar-refractivity contribution in [2.75, 3.05) is 21.3 Å². The van der Waals surface area contributed by atoms with E-state index in [0.717, 1.165) is 18.5 Å². The Hall–Kier alpha value is -3.62. The summed E-state index contributed by atoms with van der Waals surface area (Å²) in [6.45, 7) is 1.77. The fraction of sp³-hybridized carbons (Fsp3) is 0.391. The summed E-state index contributed by atoms with van der Waals surface area (Å²) in [7, 11) is 4.38. The minimum absolute atomic E-state index is 0.0515. The van der Waals surface area contributed by atoms with Crippen LogP contribution in [0.4, 0.5) is 0 Å². The maximum absolute atomic E-state index is 13.4. The molecule has 1 amide bonds. The Morgan fingerprint density at radius 1 is 1.16 bits per heavy atom. The minimum Gasteiger partial charge on any atom is -0.493 e. The van der Waals surface area contributed by atoms with Gasteiger partial charge in [-0.2, -0.15) is 0 Å². The molecule has 1 aromatic carbocycles. The lowest BCUT2D eigenvalue weighted by atomic mass is 10.0. The highest BCUT2D eigenvalue weighted by Gasteiger charge is 2.30. The molecular formula is C23H25N3O6. The summed E-state index contributed by atoms with van der Waals surface area (Å²) in [5.41, 5.74) is 2.83. The molecule has 3 aromatic rings. The van der Waals surface area contributed by atoms with Crippen LogP contribution in [0.2, 0.25) is 0 Å². The Morgan fingerprint density at radius 2 is 1.91 bits per heavy atom. The van der Waals surface area contributed by atoms with E-state index in [1.54, 1.807) is 38.3 Å². The topological polar surface area (TPSA) is 113 Å². The molecule has 1 aliphatic rings. The van der Waals surface area contributed by atoms with E-state index in [9.17, 15) is 9.59 Å².